The van der Waals surface area contributed by atoms with Crippen molar-refractivity contribution in [2.24, 2.45) is 0 Å². The molecule has 0 radical (unpaired) electrons. The molecule has 2 heteroatoms. The molecule has 0 N–H and O–H groups in total. The van der Waals surface area contributed by atoms with E-state index in [0.717, 1.165) is 89.4 Å². The van der Waals surface area contributed by atoms with Crippen LogP contribution in [-0.2, 0) is 0 Å². The van der Waals surface area contributed by atoms with E-state index in [1.54, 1.807) is 22.7 Å². The van der Waals surface area contributed by atoms with Gasteiger partial charge < -0.3 is 0 Å². The van der Waals surface area contributed by atoms with Crippen LogP contribution in [0.15, 0.2) is 218 Å². The van der Waals surface area contributed by atoms with E-state index in [1.165, 1.54) is 5.56 Å². The van der Waals surface area contributed by atoms with Crippen molar-refractivity contribution in [1.29, 1.82) is 0 Å². The largest absolute Gasteiger partial charge is 0.135 e. The first-order valence-electron chi connectivity index (χ1n) is 25.4. The van der Waals surface area contributed by atoms with Gasteiger partial charge in [0, 0.05) is 56.9 Å². The monoisotopic (exact) mass is 852 g/mol. The van der Waals surface area contributed by atoms with E-state index in [4.69, 9.17) is 2.74 Å². The van der Waals surface area contributed by atoms with Crippen molar-refractivity contribution >= 4 is 117 Å². The van der Waals surface area contributed by atoms with Gasteiger partial charge in [0.25, 0.3) is 0 Å². The molecular weight excluding hydrogens is 809 g/mol. The molecule has 0 nitrogen and oxygen atoms in total. The van der Waals surface area contributed by atoms with Gasteiger partial charge in [0.2, 0.25) is 0 Å². The van der Waals surface area contributed by atoms with Crippen molar-refractivity contribution in [2.75, 3.05) is 0 Å². The van der Waals surface area contributed by atoms with Crippen LogP contribution < -0.4 is 0 Å². The molecule has 0 unspecified atom stereocenters. The highest BCUT2D eigenvalue weighted by molar-refractivity contribution is 7.27. The molecule has 14 rings (SSSR count). The number of benzene rings is 12. The predicted octanol–water partition coefficient (Wildman–Crippen LogP) is 18.9. The molecule has 0 aliphatic rings. The summed E-state index contributed by atoms with van der Waals surface area (Å²) in [6.45, 7) is 0. The van der Waals surface area contributed by atoms with Crippen LogP contribution in [0.5, 0.6) is 0 Å². The molecule has 0 fully saturated rings. The highest BCUT2D eigenvalue weighted by Gasteiger charge is 2.26. The van der Waals surface area contributed by atoms with Gasteiger partial charge in [0.05, 0.1) is 11.0 Å². The average Bonchev–Trinajstić information content (AvgIpc) is 4.02. The third kappa shape index (κ3) is 5.10. The topological polar surface area (TPSA) is 0 Å². The lowest BCUT2D eigenvalue weighted by Gasteiger charge is -2.20. The van der Waals surface area contributed by atoms with E-state index in [2.05, 4.69) is 121 Å². The summed E-state index contributed by atoms with van der Waals surface area (Å²) in [4.78, 5) is 0. The first-order valence-corrected chi connectivity index (χ1v) is 23.0. The molecule has 0 saturated heterocycles. The van der Waals surface area contributed by atoms with Crippen LogP contribution in [-0.4, -0.2) is 0 Å². The molecule has 0 bridgehead atoms. The zero-order valence-corrected chi connectivity index (χ0v) is 35.6. The second-order valence-corrected chi connectivity index (χ2v) is 18.5. The maximum Gasteiger partial charge on any atom is 0.0629 e. The normalized spacial score (nSPS) is 13.8. The number of fused-ring (bicyclic) bond motifs is 13. The van der Waals surface area contributed by atoms with Crippen LogP contribution in [0.3, 0.4) is 0 Å². The quantitative estimate of drug-likeness (QED) is 0.155. The standard InChI is InChI=1S/C62H36S2/c1-3-19-37(20-4-1)54-40-23-7-11-27-44(40)57(45-28-12-8-24-41(45)54)50-35-39-36-51(58-46-29-13-9-25-42(46)55(38-21-5-2-6-22-38)43-26-10-14-30-47(43)58)62-60(49-32-16-18-34-53(49)64-62)56(39)59-48-31-15-17-33-52(48)63-61(50)59/h1-36H/i7D,8D,11D,12D,23D,24D,27D,28D. The third-order valence-electron chi connectivity index (χ3n) is 13.0. The van der Waals surface area contributed by atoms with E-state index in [-0.39, 0.29) is 45.7 Å². The first-order chi connectivity index (χ1) is 35.1. The molecule has 0 aliphatic heterocycles. The minimum absolute atomic E-state index is 0.200. The maximum atomic E-state index is 9.83. The maximum absolute atomic E-state index is 9.83. The number of hydrogen-bond acceptors (Lipinski definition) is 2. The Morgan fingerprint density at radius 3 is 1.06 bits per heavy atom. The fourth-order valence-electron chi connectivity index (χ4n) is 10.5. The van der Waals surface area contributed by atoms with E-state index >= 15 is 0 Å². The van der Waals surface area contributed by atoms with Gasteiger partial charge in [-0.15, -0.1) is 22.7 Å². The fourth-order valence-corrected chi connectivity index (χ4v) is 13.0. The Labute approximate surface area is 388 Å². The molecule has 0 amide bonds. The number of hydrogen-bond donors (Lipinski definition) is 0. The molecule has 296 valence electrons. The van der Waals surface area contributed by atoms with E-state index in [0.29, 0.717) is 22.3 Å². The molecule has 2 heterocycles. The highest BCUT2D eigenvalue weighted by Crippen LogP contribution is 2.55. The van der Waals surface area contributed by atoms with E-state index in [1.807, 2.05) is 48.5 Å². The number of thiophene rings is 2. The average molecular weight is 853 g/mol. The second-order valence-electron chi connectivity index (χ2n) is 16.4. The molecule has 0 spiro atoms. The minimum Gasteiger partial charge on any atom is -0.135 e. The van der Waals surface area contributed by atoms with Gasteiger partial charge in [-0.05, 0) is 106 Å². The molecular formula is C62H36S2. The molecule has 64 heavy (non-hydrogen) atoms. The molecule has 2 aromatic heterocycles. The van der Waals surface area contributed by atoms with Crippen LogP contribution >= 0.6 is 22.7 Å². The summed E-state index contributed by atoms with van der Waals surface area (Å²) < 4.78 is 79.6. The zero-order chi connectivity index (χ0) is 48.8. The van der Waals surface area contributed by atoms with Crippen LogP contribution in [0.2, 0.25) is 0 Å². The van der Waals surface area contributed by atoms with Crippen molar-refractivity contribution in [3.63, 3.8) is 0 Å². The van der Waals surface area contributed by atoms with Crippen molar-refractivity contribution in [2.45, 2.75) is 0 Å². The zero-order valence-electron chi connectivity index (χ0n) is 42.0. The Balaban J connectivity index is 1.25. The second kappa shape index (κ2) is 13.9. The van der Waals surface area contributed by atoms with Gasteiger partial charge in [-0.2, -0.15) is 0 Å². The van der Waals surface area contributed by atoms with Crippen LogP contribution in [0.1, 0.15) is 11.0 Å². The summed E-state index contributed by atoms with van der Waals surface area (Å²) in [5.41, 5.74) is 6.33. The Morgan fingerprint density at radius 2 is 0.625 bits per heavy atom. The minimum atomic E-state index is -0.423. The Kier molecular flexibility index (Phi) is 6.29. The smallest absolute Gasteiger partial charge is 0.0629 e. The van der Waals surface area contributed by atoms with E-state index in [9.17, 15) is 8.22 Å². The van der Waals surface area contributed by atoms with Crippen molar-refractivity contribution < 1.29 is 11.0 Å². The molecule has 14 aromatic rings. The lowest BCUT2D eigenvalue weighted by atomic mass is 9.83. The van der Waals surface area contributed by atoms with Crippen molar-refractivity contribution in [1.82, 2.24) is 0 Å². The summed E-state index contributed by atoms with van der Waals surface area (Å²) >= 11 is 3.37. The Morgan fingerprint density at radius 1 is 0.297 bits per heavy atom. The Hall–Kier alpha value is -7.62. The summed E-state index contributed by atoms with van der Waals surface area (Å²) in [6.07, 6.45) is 0. The van der Waals surface area contributed by atoms with Gasteiger partial charge in [-0.25, -0.2) is 0 Å². The lowest BCUT2D eigenvalue weighted by Crippen LogP contribution is -1.93. The van der Waals surface area contributed by atoms with Gasteiger partial charge in [0.1, 0.15) is 0 Å². The fraction of sp³-hybridized carbons (Fsp3) is 0. The Bertz CT molecular complexity index is 4570. The van der Waals surface area contributed by atoms with Gasteiger partial charge in [-0.1, -0.05) is 194 Å². The SMILES string of the molecule is [2H]c1c([2H])c([2H])c2c(-c3cc4cc(-c5c6ccccc6c(-c6ccccc6)c6ccccc56)c5sc6ccccc6c5c4c4c3sc3ccccc34)c3c([2H])c([2H])c([2H])c([2H])c3c(-c3ccccc3)c2c1[2H]. The predicted molar refractivity (Wildman–Crippen MR) is 281 cm³/mol. The van der Waals surface area contributed by atoms with Crippen molar-refractivity contribution in [3.8, 4) is 44.5 Å². The first kappa shape index (κ1) is 28.9. The lowest BCUT2D eigenvalue weighted by molar-refractivity contribution is 1.67. The summed E-state index contributed by atoms with van der Waals surface area (Å²) in [5.74, 6) is 0. The van der Waals surface area contributed by atoms with Gasteiger partial charge in [0.15, 0.2) is 0 Å². The molecule has 0 saturated carbocycles. The van der Waals surface area contributed by atoms with Gasteiger partial charge >= 0.3 is 0 Å². The molecule has 0 atom stereocenters. The van der Waals surface area contributed by atoms with Gasteiger partial charge in [-0.3, -0.25) is 0 Å². The van der Waals surface area contributed by atoms with Crippen LogP contribution in [0.4, 0.5) is 0 Å². The molecule has 12 aromatic carbocycles. The number of rotatable bonds is 4. The van der Waals surface area contributed by atoms with Crippen LogP contribution in [0, 0.1) is 0 Å². The summed E-state index contributed by atoms with van der Waals surface area (Å²) in [6, 6.07) is 55.6. The summed E-state index contributed by atoms with van der Waals surface area (Å²) in [7, 11) is 0. The highest BCUT2D eigenvalue weighted by atomic mass is 32.1. The summed E-state index contributed by atoms with van der Waals surface area (Å²) in [5, 5.41) is 11.5. The van der Waals surface area contributed by atoms with Crippen LogP contribution in [0.25, 0.3) is 139 Å². The third-order valence-corrected chi connectivity index (χ3v) is 15.4. The van der Waals surface area contributed by atoms with Crippen molar-refractivity contribution in [3.05, 3.63) is 218 Å². The van der Waals surface area contributed by atoms with E-state index < -0.39 is 24.2 Å². The molecule has 0 aliphatic carbocycles.